The summed E-state index contributed by atoms with van der Waals surface area (Å²) in [6.07, 6.45) is 0. The summed E-state index contributed by atoms with van der Waals surface area (Å²) in [5.41, 5.74) is 5.13. The van der Waals surface area contributed by atoms with Crippen molar-refractivity contribution in [3.63, 3.8) is 0 Å². The minimum absolute atomic E-state index is 0.357. The summed E-state index contributed by atoms with van der Waals surface area (Å²) in [6, 6.07) is 15.1. The predicted octanol–water partition coefficient (Wildman–Crippen LogP) is 4.06. The third-order valence-corrected chi connectivity index (χ3v) is 4.47. The minimum Gasteiger partial charge on any atom is -0.465 e. The number of hydrogen-bond donors (Lipinski definition) is 0. The van der Waals surface area contributed by atoms with Crippen LogP contribution in [0, 0.1) is 0 Å². The van der Waals surface area contributed by atoms with Crippen LogP contribution in [0.3, 0.4) is 0 Å². The second-order valence-corrected chi connectivity index (χ2v) is 5.63. The Morgan fingerprint density at radius 2 is 1.46 bits per heavy atom. The highest BCUT2D eigenvalue weighted by Gasteiger charge is 2.25. The van der Waals surface area contributed by atoms with E-state index < -0.39 is 0 Å². The Morgan fingerprint density at radius 3 is 2.21 bits per heavy atom. The van der Waals surface area contributed by atoms with Crippen molar-refractivity contribution in [1.29, 1.82) is 0 Å². The zero-order valence-corrected chi connectivity index (χ0v) is 13.3. The summed E-state index contributed by atoms with van der Waals surface area (Å²) in [6.45, 7) is 0. The zero-order valence-electron chi connectivity index (χ0n) is 13.3. The molecule has 0 amide bonds. The smallest absolute Gasteiger partial charge is 0.338 e. The number of rotatable bonds is 2. The number of esters is 2. The Kier molecular flexibility index (Phi) is 3.13. The van der Waals surface area contributed by atoms with Gasteiger partial charge in [0.05, 0.1) is 25.3 Å². The number of hydrogen-bond acceptors (Lipinski definition) is 4. The van der Waals surface area contributed by atoms with E-state index in [-0.39, 0.29) is 11.9 Å². The molecule has 4 rings (SSSR count). The summed E-state index contributed by atoms with van der Waals surface area (Å²) in [4.78, 5) is 23.9. The van der Waals surface area contributed by atoms with E-state index in [4.69, 9.17) is 9.47 Å². The van der Waals surface area contributed by atoms with Gasteiger partial charge in [-0.1, -0.05) is 30.3 Å². The van der Waals surface area contributed by atoms with E-state index in [0.29, 0.717) is 11.1 Å². The van der Waals surface area contributed by atoms with Crippen molar-refractivity contribution < 1.29 is 19.1 Å². The van der Waals surface area contributed by atoms with Crippen molar-refractivity contribution >= 4 is 22.7 Å². The maximum absolute atomic E-state index is 12.0. The Morgan fingerprint density at radius 1 is 0.750 bits per heavy atom. The van der Waals surface area contributed by atoms with Crippen LogP contribution in [0.5, 0.6) is 0 Å². The molecule has 0 saturated carbocycles. The lowest BCUT2D eigenvalue weighted by atomic mass is 9.98. The SMILES string of the molecule is COC(=O)c1ccc2c(c1)-c1cccc3c(C(=O)OC)ccc-2c13. The fourth-order valence-electron chi connectivity index (χ4n) is 3.39. The fraction of sp³-hybridized carbons (Fsp3) is 0.100. The van der Waals surface area contributed by atoms with Crippen molar-refractivity contribution in [2.75, 3.05) is 14.2 Å². The first-order valence-corrected chi connectivity index (χ1v) is 7.53. The molecule has 4 heteroatoms. The van der Waals surface area contributed by atoms with Crippen molar-refractivity contribution in [3.8, 4) is 22.3 Å². The van der Waals surface area contributed by atoms with E-state index in [0.717, 1.165) is 33.0 Å². The van der Waals surface area contributed by atoms with Gasteiger partial charge in [-0.25, -0.2) is 9.59 Å². The molecule has 0 unspecified atom stereocenters. The van der Waals surface area contributed by atoms with Gasteiger partial charge in [0.25, 0.3) is 0 Å². The van der Waals surface area contributed by atoms with Crippen molar-refractivity contribution in [1.82, 2.24) is 0 Å². The highest BCUT2D eigenvalue weighted by Crippen LogP contribution is 2.48. The third kappa shape index (κ3) is 1.86. The topological polar surface area (TPSA) is 52.6 Å². The first-order valence-electron chi connectivity index (χ1n) is 7.53. The van der Waals surface area contributed by atoms with Gasteiger partial charge in [0.2, 0.25) is 0 Å². The molecule has 24 heavy (non-hydrogen) atoms. The van der Waals surface area contributed by atoms with Gasteiger partial charge in [0.15, 0.2) is 0 Å². The van der Waals surface area contributed by atoms with Crippen LogP contribution in [0.25, 0.3) is 33.0 Å². The highest BCUT2D eigenvalue weighted by molar-refractivity contribution is 6.20. The summed E-state index contributed by atoms with van der Waals surface area (Å²) in [5.74, 6) is -0.721. The molecule has 3 aromatic carbocycles. The van der Waals surface area contributed by atoms with Gasteiger partial charge in [-0.05, 0) is 51.2 Å². The lowest BCUT2D eigenvalue weighted by Gasteiger charge is -2.07. The number of methoxy groups -OCH3 is 2. The molecule has 3 aromatic rings. The quantitative estimate of drug-likeness (QED) is 0.523. The highest BCUT2D eigenvalue weighted by atomic mass is 16.5. The maximum Gasteiger partial charge on any atom is 0.338 e. The molecular weight excluding hydrogens is 304 g/mol. The average Bonchev–Trinajstić information content (AvgIpc) is 2.96. The van der Waals surface area contributed by atoms with Crippen molar-refractivity contribution in [2.24, 2.45) is 0 Å². The van der Waals surface area contributed by atoms with Gasteiger partial charge in [-0.2, -0.15) is 0 Å². The molecular formula is C20H14O4. The van der Waals surface area contributed by atoms with Crippen LogP contribution in [-0.2, 0) is 9.47 Å². The molecule has 4 nitrogen and oxygen atoms in total. The number of carbonyl (C=O) groups is 2. The average molecular weight is 318 g/mol. The lowest BCUT2D eigenvalue weighted by molar-refractivity contribution is 0.0593. The van der Waals surface area contributed by atoms with Gasteiger partial charge < -0.3 is 9.47 Å². The predicted molar refractivity (Wildman–Crippen MR) is 91.1 cm³/mol. The number of fused-ring (bicyclic) bond motifs is 3. The normalized spacial score (nSPS) is 11.2. The zero-order chi connectivity index (χ0) is 16.8. The van der Waals surface area contributed by atoms with Crippen LogP contribution in [0.1, 0.15) is 20.7 Å². The molecule has 0 atom stereocenters. The van der Waals surface area contributed by atoms with Crippen LogP contribution in [0.15, 0.2) is 48.5 Å². The second-order valence-electron chi connectivity index (χ2n) is 5.63. The standard InChI is InChI=1S/C20H14O4/c1-23-19(21)11-6-7-12-15-8-9-16(20(22)24-2)13-4-3-5-14(18(13)15)17(12)10-11/h3-10H,1-2H3. The first-order chi connectivity index (χ1) is 11.7. The van der Waals surface area contributed by atoms with E-state index in [1.807, 2.05) is 36.4 Å². The molecule has 1 aliphatic rings. The monoisotopic (exact) mass is 318 g/mol. The molecule has 0 radical (unpaired) electrons. The van der Waals surface area contributed by atoms with Gasteiger partial charge in [-0.15, -0.1) is 0 Å². The van der Waals surface area contributed by atoms with Crippen LogP contribution in [0.4, 0.5) is 0 Å². The van der Waals surface area contributed by atoms with Crippen LogP contribution >= 0.6 is 0 Å². The maximum atomic E-state index is 12.0. The molecule has 0 fully saturated rings. The third-order valence-electron chi connectivity index (χ3n) is 4.47. The van der Waals surface area contributed by atoms with E-state index in [1.54, 1.807) is 12.1 Å². The van der Waals surface area contributed by atoms with Crippen molar-refractivity contribution in [3.05, 3.63) is 59.7 Å². The van der Waals surface area contributed by atoms with Gasteiger partial charge in [0, 0.05) is 0 Å². The molecule has 0 aliphatic heterocycles. The first kappa shape index (κ1) is 14.5. The number of ether oxygens (including phenoxy) is 2. The molecule has 118 valence electrons. The number of carbonyl (C=O) groups excluding carboxylic acids is 2. The second kappa shape index (κ2) is 5.20. The molecule has 0 bridgehead atoms. The Hall–Kier alpha value is -3.14. The lowest BCUT2D eigenvalue weighted by Crippen LogP contribution is -2.01. The van der Waals surface area contributed by atoms with E-state index >= 15 is 0 Å². The molecule has 0 spiro atoms. The van der Waals surface area contributed by atoms with Crippen molar-refractivity contribution in [2.45, 2.75) is 0 Å². The van der Waals surface area contributed by atoms with E-state index in [1.165, 1.54) is 14.2 Å². The summed E-state index contributed by atoms with van der Waals surface area (Å²) >= 11 is 0. The largest absolute Gasteiger partial charge is 0.465 e. The minimum atomic E-state index is -0.365. The molecule has 0 saturated heterocycles. The van der Waals surface area contributed by atoms with E-state index in [2.05, 4.69) is 0 Å². The fourth-order valence-corrected chi connectivity index (χ4v) is 3.39. The Labute approximate surface area is 138 Å². The Bertz CT molecular complexity index is 1020. The molecule has 1 aliphatic carbocycles. The van der Waals surface area contributed by atoms with Crippen LogP contribution in [0.2, 0.25) is 0 Å². The summed E-state index contributed by atoms with van der Waals surface area (Å²) < 4.78 is 9.70. The molecule has 0 aromatic heterocycles. The van der Waals surface area contributed by atoms with Crippen LogP contribution < -0.4 is 0 Å². The summed E-state index contributed by atoms with van der Waals surface area (Å²) in [5, 5.41) is 1.87. The number of benzene rings is 3. The Balaban J connectivity index is 2.02. The van der Waals surface area contributed by atoms with E-state index in [9.17, 15) is 9.59 Å². The molecule has 0 heterocycles. The van der Waals surface area contributed by atoms with Crippen LogP contribution in [-0.4, -0.2) is 26.2 Å². The molecule has 0 N–H and O–H groups in total. The van der Waals surface area contributed by atoms with Gasteiger partial charge in [-0.3, -0.25) is 0 Å². The summed E-state index contributed by atoms with van der Waals surface area (Å²) in [7, 11) is 2.75. The van der Waals surface area contributed by atoms with Gasteiger partial charge >= 0.3 is 11.9 Å². The van der Waals surface area contributed by atoms with Gasteiger partial charge in [0.1, 0.15) is 0 Å².